The van der Waals surface area contributed by atoms with Crippen molar-refractivity contribution in [2.75, 3.05) is 6.54 Å². The molecule has 1 heterocycles. The van der Waals surface area contributed by atoms with Gasteiger partial charge in [0.2, 0.25) is 17.7 Å². The maximum absolute atomic E-state index is 12.5. The van der Waals surface area contributed by atoms with Crippen LogP contribution in [0.5, 0.6) is 0 Å². The first-order chi connectivity index (χ1) is 11.3. The third-order valence-electron chi connectivity index (χ3n) is 3.43. The molecule has 0 radical (unpaired) electrons. The van der Waals surface area contributed by atoms with Crippen molar-refractivity contribution in [1.29, 1.82) is 0 Å². The summed E-state index contributed by atoms with van der Waals surface area (Å²) in [6.45, 7) is 9.19. The molecule has 2 aromatic rings. The SMILES string of the molecule is CCCN(Cc1nnc(-c2ccccc2Cl)o1)C(=O)CC(C)(C)C. The highest BCUT2D eigenvalue weighted by Gasteiger charge is 2.23. The molecule has 0 aliphatic carbocycles. The number of halogens is 1. The summed E-state index contributed by atoms with van der Waals surface area (Å²) < 4.78 is 5.71. The number of hydrogen-bond acceptors (Lipinski definition) is 4. The Hall–Kier alpha value is -1.88. The van der Waals surface area contributed by atoms with Gasteiger partial charge in [0.05, 0.1) is 17.1 Å². The van der Waals surface area contributed by atoms with Gasteiger partial charge < -0.3 is 9.32 Å². The highest BCUT2D eigenvalue weighted by Crippen LogP contribution is 2.27. The summed E-state index contributed by atoms with van der Waals surface area (Å²) in [5, 5.41) is 8.68. The zero-order chi connectivity index (χ0) is 17.7. The quantitative estimate of drug-likeness (QED) is 0.766. The second-order valence-corrected chi connectivity index (χ2v) is 7.44. The lowest BCUT2D eigenvalue weighted by Crippen LogP contribution is -2.33. The van der Waals surface area contributed by atoms with Crippen LogP contribution in [0, 0.1) is 5.41 Å². The van der Waals surface area contributed by atoms with Gasteiger partial charge in [-0.1, -0.05) is 51.4 Å². The molecule has 0 aliphatic heterocycles. The number of nitrogens with zero attached hydrogens (tertiary/aromatic N) is 3. The molecule has 2 rings (SSSR count). The molecule has 0 aliphatic rings. The van der Waals surface area contributed by atoms with E-state index < -0.39 is 0 Å². The summed E-state index contributed by atoms with van der Waals surface area (Å²) >= 11 is 6.15. The smallest absolute Gasteiger partial charge is 0.249 e. The summed E-state index contributed by atoms with van der Waals surface area (Å²) in [6.07, 6.45) is 1.36. The maximum atomic E-state index is 12.5. The molecule has 0 spiro atoms. The van der Waals surface area contributed by atoms with Gasteiger partial charge in [0.25, 0.3) is 0 Å². The third kappa shape index (κ3) is 5.06. The molecule has 0 saturated heterocycles. The Labute approximate surface area is 148 Å². The molecule has 0 N–H and O–H groups in total. The van der Waals surface area contributed by atoms with E-state index in [2.05, 4.69) is 31.0 Å². The predicted molar refractivity (Wildman–Crippen MR) is 94.5 cm³/mol. The topological polar surface area (TPSA) is 59.2 Å². The summed E-state index contributed by atoms with van der Waals surface area (Å²) in [7, 11) is 0. The average Bonchev–Trinajstić information content (AvgIpc) is 2.94. The Morgan fingerprint density at radius 3 is 2.58 bits per heavy atom. The van der Waals surface area contributed by atoms with Crippen molar-refractivity contribution in [3.8, 4) is 11.5 Å². The molecule has 0 saturated carbocycles. The van der Waals surface area contributed by atoms with E-state index in [0.29, 0.717) is 41.9 Å². The number of amides is 1. The number of benzene rings is 1. The molecule has 5 nitrogen and oxygen atoms in total. The van der Waals surface area contributed by atoms with Crippen LogP contribution in [0.2, 0.25) is 5.02 Å². The van der Waals surface area contributed by atoms with Crippen LogP contribution in [0.15, 0.2) is 28.7 Å². The van der Waals surface area contributed by atoms with Crippen molar-refractivity contribution in [1.82, 2.24) is 15.1 Å². The van der Waals surface area contributed by atoms with Crippen LogP contribution in [0.4, 0.5) is 0 Å². The molecule has 0 bridgehead atoms. The fourth-order valence-electron chi connectivity index (χ4n) is 2.35. The first-order valence-electron chi connectivity index (χ1n) is 8.15. The van der Waals surface area contributed by atoms with Gasteiger partial charge in [-0.05, 0) is 24.0 Å². The molecule has 0 unspecified atom stereocenters. The highest BCUT2D eigenvalue weighted by atomic mass is 35.5. The minimum Gasteiger partial charge on any atom is -0.419 e. The second kappa shape index (κ2) is 7.79. The first-order valence-corrected chi connectivity index (χ1v) is 8.53. The molecule has 24 heavy (non-hydrogen) atoms. The number of rotatable bonds is 6. The van der Waals surface area contributed by atoms with Gasteiger partial charge in [0.15, 0.2) is 0 Å². The van der Waals surface area contributed by atoms with Crippen LogP contribution in [0.25, 0.3) is 11.5 Å². The number of hydrogen-bond donors (Lipinski definition) is 0. The fraction of sp³-hybridized carbons (Fsp3) is 0.500. The number of carbonyl (C=O) groups is 1. The van der Waals surface area contributed by atoms with Crippen LogP contribution >= 0.6 is 11.6 Å². The van der Waals surface area contributed by atoms with Crippen LogP contribution in [-0.4, -0.2) is 27.5 Å². The summed E-state index contributed by atoms with van der Waals surface area (Å²) in [4.78, 5) is 14.3. The van der Waals surface area contributed by atoms with Gasteiger partial charge in [0, 0.05) is 13.0 Å². The van der Waals surface area contributed by atoms with Crippen molar-refractivity contribution in [3.05, 3.63) is 35.2 Å². The predicted octanol–water partition coefficient (Wildman–Crippen LogP) is 4.56. The van der Waals surface area contributed by atoms with Gasteiger partial charge in [-0.25, -0.2) is 0 Å². The summed E-state index contributed by atoms with van der Waals surface area (Å²) in [5.41, 5.74) is 0.640. The molecule has 1 aromatic carbocycles. The van der Waals surface area contributed by atoms with Crippen LogP contribution in [0.3, 0.4) is 0 Å². The van der Waals surface area contributed by atoms with Crippen molar-refractivity contribution in [2.24, 2.45) is 5.41 Å². The van der Waals surface area contributed by atoms with E-state index >= 15 is 0 Å². The van der Waals surface area contributed by atoms with Crippen molar-refractivity contribution in [2.45, 2.75) is 47.1 Å². The van der Waals surface area contributed by atoms with Crippen molar-refractivity contribution < 1.29 is 9.21 Å². The van der Waals surface area contributed by atoms with E-state index in [4.69, 9.17) is 16.0 Å². The molecule has 6 heteroatoms. The fourth-order valence-corrected chi connectivity index (χ4v) is 2.57. The molecule has 1 amide bonds. The zero-order valence-corrected chi connectivity index (χ0v) is 15.4. The molecule has 0 fully saturated rings. The molecular formula is C18H24ClN3O2. The monoisotopic (exact) mass is 349 g/mol. The Balaban J connectivity index is 2.13. The maximum Gasteiger partial charge on any atom is 0.249 e. The van der Waals surface area contributed by atoms with E-state index in [-0.39, 0.29) is 11.3 Å². The highest BCUT2D eigenvalue weighted by molar-refractivity contribution is 6.33. The summed E-state index contributed by atoms with van der Waals surface area (Å²) in [5.74, 6) is 0.887. The van der Waals surface area contributed by atoms with Crippen LogP contribution in [-0.2, 0) is 11.3 Å². The molecular weight excluding hydrogens is 326 g/mol. The van der Waals surface area contributed by atoms with Gasteiger partial charge in [0.1, 0.15) is 0 Å². The van der Waals surface area contributed by atoms with E-state index in [0.717, 1.165) is 6.42 Å². The lowest BCUT2D eigenvalue weighted by Gasteiger charge is -2.25. The standard InChI is InChI=1S/C18H24ClN3O2/c1-5-10-22(16(23)11-18(2,3)4)12-15-20-21-17(24-15)13-8-6-7-9-14(13)19/h6-9H,5,10-12H2,1-4H3. The van der Waals surface area contributed by atoms with Gasteiger partial charge in [-0.15, -0.1) is 10.2 Å². The van der Waals surface area contributed by atoms with Gasteiger partial charge in [-0.2, -0.15) is 0 Å². The Morgan fingerprint density at radius 2 is 1.96 bits per heavy atom. The van der Waals surface area contributed by atoms with Crippen molar-refractivity contribution >= 4 is 17.5 Å². The summed E-state index contributed by atoms with van der Waals surface area (Å²) in [6, 6.07) is 7.31. The minimum atomic E-state index is -0.0549. The largest absolute Gasteiger partial charge is 0.419 e. The number of carbonyl (C=O) groups excluding carboxylic acids is 1. The Bertz CT molecular complexity index is 692. The lowest BCUT2D eigenvalue weighted by molar-refractivity contribution is -0.134. The lowest BCUT2D eigenvalue weighted by atomic mass is 9.91. The van der Waals surface area contributed by atoms with Crippen molar-refractivity contribution in [3.63, 3.8) is 0 Å². The normalized spacial score (nSPS) is 11.5. The first kappa shape index (κ1) is 18.5. The Kier molecular flexibility index (Phi) is 5.99. The van der Waals surface area contributed by atoms with E-state index in [1.54, 1.807) is 11.0 Å². The van der Waals surface area contributed by atoms with Crippen LogP contribution < -0.4 is 0 Å². The molecule has 1 aromatic heterocycles. The number of aromatic nitrogens is 2. The zero-order valence-electron chi connectivity index (χ0n) is 14.7. The van der Waals surface area contributed by atoms with E-state index in [1.165, 1.54) is 0 Å². The molecule has 130 valence electrons. The minimum absolute atomic E-state index is 0.0549. The van der Waals surface area contributed by atoms with E-state index in [9.17, 15) is 4.79 Å². The average molecular weight is 350 g/mol. The van der Waals surface area contributed by atoms with E-state index in [1.807, 2.05) is 25.1 Å². The molecule has 0 atom stereocenters. The van der Waals surface area contributed by atoms with Gasteiger partial charge in [-0.3, -0.25) is 4.79 Å². The third-order valence-corrected chi connectivity index (χ3v) is 3.75. The second-order valence-electron chi connectivity index (χ2n) is 7.03. The Morgan fingerprint density at radius 1 is 1.25 bits per heavy atom. The van der Waals surface area contributed by atoms with Crippen LogP contribution in [0.1, 0.15) is 46.4 Å². The van der Waals surface area contributed by atoms with Gasteiger partial charge >= 0.3 is 0 Å².